The molecule has 0 bridgehead atoms. The molecule has 1 heterocycles. The number of morpholine rings is 1. The molecule has 174 valence electrons. The second-order valence-electron chi connectivity index (χ2n) is 9.05. The highest BCUT2D eigenvalue weighted by atomic mass is 19.2. The Morgan fingerprint density at radius 3 is 2.62 bits per heavy atom. The van der Waals surface area contributed by atoms with Crippen molar-refractivity contribution in [1.82, 2.24) is 4.90 Å². The van der Waals surface area contributed by atoms with Crippen LogP contribution >= 0.6 is 0 Å². The van der Waals surface area contributed by atoms with Crippen molar-refractivity contribution < 1.29 is 27.8 Å². The predicted octanol–water partition coefficient (Wildman–Crippen LogP) is 4.96. The number of aryl methyl sites for hydroxylation is 1. The van der Waals surface area contributed by atoms with E-state index >= 15 is 0 Å². The number of rotatable bonds is 7. The van der Waals surface area contributed by atoms with Crippen LogP contribution in [0.3, 0.4) is 0 Å². The number of carbonyl (C=O) groups is 1. The molecule has 2 aromatic rings. The van der Waals surface area contributed by atoms with Gasteiger partial charge in [-0.1, -0.05) is 12.1 Å². The fraction of sp³-hybridized carbons (Fsp3) is 0.480. The SMILES string of the molecule is Cc1cc(OCc2ccc(F)c(F)c2)ccc1C1CN(CCC(=O)OC(C)(C)C)CCO1. The molecule has 0 N–H and O–H groups in total. The van der Waals surface area contributed by atoms with E-state index in [-0.39, 0.29) is 18.7 Å². The fourth-order valence-corrected chi connectivity index (χ4v) is 3.63. The molecule has 1 fully saturated rings. The highest BCUT2D eigenvalue weighted by Gasteiger charge is 2.24. The Labute approximate surface area is 188 Å². The van der Waals surface area contributed by atoms with E-state index in [2.05, 4.69) is 4.90 Å². The number of halogens is 2. The van der Waals surface area contributed by atoms with Gasteiger partial charge in [0.25, 0.3) is 0 Å². The van der Waals surface area contributed by atoms with Crippen LogP contribution in [0.4, 0.5) is 8.78 Å². The average molecular weight is 448 g/mol. The van der Waals surface area contributed by atoms with E-state index in [1.54, 1.807) is 0 Å². The van der Waals surface area contributed by atoms with E-state index in [9.17, 15) is 13.6 Å². The fourth-order valence-electron chi connectivity index (χ4n) is 3.63. The molecule has 0 amide bonds. The van der Waals surface area contributed by atoms with E-state index in [4.69, 9.17) is 14.2 Å². The third-order valence-corrected chi connectivity index (χ3v) is 5.18. The highest BCUT2D eigenvalue weighted by Crippen LogP contribution is 2.28. The standard InChI is InChI=1S/C25H31F2NO4/c1-17-13-19(31-16-18-5-8-21(26)22(27)14-18)6-7-20(17)23-15-28(11-12-30-23)10-9-24(29)32-25(2,3)4/h5-8,13-14,23H,9-12,15-16H2,1-4H3. The lowest BCUT2D eigenvalue weighted by Gasteiger charge is -2.33. The monoisotopic (exact) mass is 447 g/mol. The summed E-state index contributed by atoms with van der Waals surface area (Å²) in [4.78, 5) is 14.2. The van der Waals surface area contributed by atoms with Crippen molar-refractivity contribution in [2.45, 2.75) is 52.4 Å². The molecule has 3 rings (SSSR count). The van der Waals surface area contributed by atoms with Gasteiger partial charge in [0.15, 0.2) is 11.6 Å². The van der Waals surface area contributed by atoms with Crippen molar-refractivity contribution in [3.05, 3.63) is 64.7 Å². The Morgan fingerprint density at radius 1 is 1.16 bits per heavy atom. The zero-order valence-corrected chi connectivity index (χ0v) is 19.1. The van der Waals surface area contributed by atoms with Crippen LogP contribution in [0, 0.1) is 18.6 Å². The van der Waals surface area contributed by atoms with Crippen LogP contribution < -0.4 is 4.74 Å². The lowest BCUT2D eigenvalue weighted by molar-refractivity contribution is -0.155. The Bertz CT molecular complexity index is 942. The maximum Gasteiger partial charge on any atom is 0.307 e. The molecule has 7 heteroatoms. The summed E-state index contributed by atoms with van der Waals surface area (Å²) in [6.45, 7) is 10.4. The Kier molecular flexibility index (Phi) is 7.85. The van der Waals surface area contributed by atoms with Crippen molar-refractivity contribution >= 4 is 5.97 Å². The molecule has 0 radical (unpaired) electrons. The second-order valence-corrected chi connectivity index (χ2v) is 9.05. The first-order chi connectivity index (χ1) is 15.1. The van der Waals surface area contributed by atoms with Gasteiger partial charge in [-0.05, 0) is 68.7 Å². The molecule has 0 aliphatic carbocycles. The van der Waals surface area contributed by atoms with E-state index in [0.717, 1.165) is 29.8 Å². The molecule has 1 atom stereocenters. The minimum absolute atomic E-state index is 0.0948. The van der Waals surface area contributed by atoms with Crippen molar-refractivity contribution in [2.24, 2.45) is 0 Å². The van der Waals surface area contributed by atoms with Gasteiger partial charge in [0.2, 0.25) is 0 Å². The lowest BCUT2D eigenvalue weighted by atomic mass is 10.0. The summed E-state index contributed by atoms with van der Waals surface area (Å²) in [6.07, 6.45) is 0.252. The van der Waals surface area contributed by atoms with Crippen LogP contribution in [0.15, 0.2) is 36.4 Å². The van der Waals surface area contributed by atoms with E-state index in [1.807, 2.05) is 45.9 Å². The third kappa shape index (κ3) is 7.00. The van der Waals surface area contributed by atoms with Gasteiger partial charge in [-0.25, -0.2) is 8.78 Å². The summed E-state index contributed by atoms with van der Waals surface area (Å²) in [6, 6.07) is 9.47. The molecule has 32 heavy (non-hydrogen) atoms. The van der Waals surface area contributed by atoms with E-state index < -0.39 is 17.2 Å². The van der Waals surface area contributed by atoms with Gasteiger partial charge in [0.1, 0.15) is 18.0 Å². The Morgan fingerprint density at radius 2 is 1.94 bits per heavy atom. The number of ether oxygens (including phenoxy) is 3. The van der Waals surface area contributed by atoms with Crippen LogP contribution in [0.5, 0.6) is 5.75 Å². The zero-order valence-electron chi connectivity index (χ0n) is 19.1. The molecule has 1 saturated heterocycles. The maximum atomic E-state index is 13.4. The molecule has 2 aromatic carbocycles. The van der Waals surface area contributed by atoms with Crippen molar-refractivity contribution in [3.63, 3.8) is 0 Å². The summed E-state index contributed by atoms with van der Waals surface area (Å²) in [7, 11) is 0. The summed E-state index contributed by atoms with van der Waals surface area (Å²) in [5, 5.41) is 0. The van der Waals surface area contributed by atoms with Crippen LogP contribution in [0.1, 0.15) is 50.0 Å². The van der Waals surface area contributed by atoms with Crippen LogP contribution in [-0.4, -0.2) is 42.7 Å². The van der Waals surface area contributed by atoms with Crippen molar-refractivity contribution in [3.8, 4) is 5.75 Å². The number of nitrogens with zero attached hydrogens (tertiary/aromatic N) is 1. The number of esters is 1. The largest absolute Gasteiger partial charge is 0.489 e. The van der Waals surface area contributed by atoms with Gasteiger partial charge in [0, 0.05) is 19.6 Å². The first-order valence-corrected chi connectivity index (χ1v) is 10.8. The van der Waals surface area contributed by atoms with Gasteiger partial charge in [-0.15, -0.1) is 0 Å². The molecule has 5 nitrogen and oxygen atoms in total. The molecular weight excluding hydrogens is 416 g/mol. The molecular formula is C25H31F2NO4. The molecule has 1 aliphatic rings. The first-order valence-electron chi connectivity index (χ1n) is 10.8. The van der Waals surface area contributed by atoms with Gasteiger partial charge < -0.3 is 14.2 Å². The van der Waals surface area contributed by atoms with Gasteiger partial charge >= 0.3 is 5.97 Å². The number of hydrogen-bond acceptors (Lipinski definition) is 5. The summed E-state index contributed by atoms with van der Waals surface area (Å²) in [5.41, 5.74) is 2.16. The predicted molar refractivity (Wildman–Crippen MR) is 117 cm³/mol. The maximum absolute atomic E-state index is 13.4. The zero-order chi connectivity index (χ0) is 23.3. The van der Waals surface area contributed by atoms with Gasteiger partial charge in [-0.2, -0.15) is 0 Å². The number of carbonyl (C=O) groups excluding carboxylic acids is 1. The topological polar surface area (TPSA) is 48.0 Å². The quantitative estimate of drug-likeness (QED) is 0.562. The smallest absolute Gasteiger partial charge is 0.307 e. The number of benzene rings is 2. The van der Waals surface area contributed by atoms with Gasteiger partial charge in [-0.3, -0.25) is 9.69 Å². The molecule has 0 spiro atoms. The van der Waals surface area contributed by atoms with E-state index in [0.29, 0.717) is 37.4 Å². The van der Waals surface area contributed by atoms with Crippen LogP contribution in [0.25, 0.3) is 0 Å². The Hall–Kier alpha value is -2.51. The summed E-state index contributed by atoms with van der Waals surface area (Å²) >= 11 is 0. The van der Waals surface area contributed by atoms with Crippen molar-refractivity contribution in [2.75, 3.05) is 26.2 Å². The Balaban J connectivity index is 1.55. The first kappa shape index (κ1) is 24.1. The molecule has 1 unspecified atom stereocenters. The lowest BCUT2D eigenvalue weighted by Crippen LogP contribution is -2.40. The minimum atomic E-state index is -0.886. The third-order valence-electron chi connectivity index (χ3n) is 5.18. The van der Waals surface area contributed by atoms with Crippen LogP contribution in [-0.2, 0) is 20.9 Å². The van der Waals surface area contributed by atoms with E-state index in [1.165, 1.54) is 6.07 Å². The molecule has 1 aliphatic heterocycles. The molecule has 0 saturated carbocycles. The summed E-state index contributed by atoms with van der Waals surface area (Å²) < 4.78 is 43.5. The highest BCUT2D eigenvalue weighted by molar-refractivity contribution is 5.70. The summed E-state index contributed by atoms with van der Waals surface area (Å²) in [5.74, 6) is -1.31. The average Bonchev–Trinajstić information content (AvgIpc) is 2.72. The second kappa shape index (κ2) is 10.4. The minimum Gasteiger partial charge on any atom is -0.489 e. The van der Waals surface area contributed by atoms with Crippen molar-refractivity contribution in [1.29, 1.82) is 0 Å². The molecule has 0 aromatic heterocycles. The van der Waals surface area contributed by atoms with Crippen LogP contribution in [0.2, 0.25) is 0 Å². The number of hydrogen-bond donors (Lipinski definition) is 0. The normalized spacial score (nSPS) is 17.2. The van der Waals surface area contributed by atoms with Gasteiger partial charge in [0.05, 0.1) is 19.1 Å².